The lowest BCUT2D eigenvalue weighted by molar-refractivity contribution is 0.102. The van der Waals surface area contributed by atoms with Crippen molar-refractivity contribution >= 4 is 23.0 Å². The Morgan fingerprint density at radius 1 is 0.739 bits per heavy atom. The standard InChI is InChI=1S/C19H17N3O/c20-16-9-5-4-8-15(16)19(23)22-18-11-10-14(12-17(18)21)13-6-2-1-3-7-13/h1-12H,20-21H2,(H,22,23). The molecule has 0 spiro atoms. The second-order valence-corrected chi connectivity index (χ2v) is 5.21. The molecule has 0 fully saturated rings. The van der Waals surface area contributed by atoms with Crippen LogP contribution in [0.4, 0.5) is 17.1 Å². The summed E-state index contributed by atoms with van der Waals surface area (Å²) in [6, 6.07) is 22.4. The quantitative estimate of drug-likeness (QED) is 0.644. The van der Waals surface area contributed by atoms with Crippen LogP contribution in [0.1, 0.15) is 10.4 Å². The van der Waals surface area contributed by atoms with Gasteiger partial charge in [-0.05, 0) is 35.4 Å². The molecule has 0 radical (unpaired) electrons. The SMILES string of the molecule is Nc1cc(-c2ccccc2)ccc1NC(=O)c1ccccc1N. The van der Waals surface area contributed by atoms with E-state index < -0.39 is 0 Å². The van der Waals surface area contributed by atoms with E-state index in [1.165, 1.54) is 0 Å². The van der Waals surface area contributed by atoms with E-state index in [4.69, 9.17) is 11.5 Å². The van der Waals surface area contributed by atoms with E-state index in [-0.39, 0.29) is 5.91 Å². The number of nitrogen functional groups attached to an aromatic ring is 2. The lowest BCUT2D eigenvalue weighted by Crippen LogP contribution is -2.15. The van der Waals surface area contributed by atoms with E-state index in [1.54, 1.807) is 30.3 Å². The topological polar surface area (TPSA) is 81.1 Å². The van der Waals surface area contributed by atoms with Gasteiger partial charge in [-0.1, -0.05) is 48.5 Å². The van der Waals surface area contributed by atoms with Crippen LogP contribution in [0.3, 0.4) is 0 Å². The summed E-state index contributed by atoms with van der Waals surface area (Å²) in [7, 11) is 0. The molecule has 114 valence electrons. The van der Waals surface area contributed by atoms with Crippen LogP contribution in [0.25, 0.3) is 11.1 Å². The molecular formula is C19H17N3O. The van der Waals surface area contributed by atoms with Crippen LogP contribution in [0.5, 0.6) is 0 Å². The lowest BCUT2D eigenvalue weighted by atomic mass is 10.0. The number of carbonyl (C=O) groups excluding carboxylic acids is 1. The second kappa shape index (κ2) is 6.23. The first-order chi connectivity index (χ1) is 11.1. The van der Waals surface area contributed by atoms with Crippen molar-refractivity contribution < 1.29 is 4.79 Å². The third-order valence-electron chi connectivity index (χ3n) is 3.61. The Bertz CT molecular complexity index is 844. The maximum atomic E-state index is 12.3. The molecule has 0 bridgehead atoms. The minimum absolute atomic E-state index is 0.276. The molecule has 0 aliphatic heterocycles. The maximum absolute atomic E-state index is 12.3. The molecule has 4 nitrogen and oxygen atoms in total. The molecule has 0 aliphatic rings. The van der Waals surface area contributed by atoms with Gasteiger partial charge in [0, 0.05) is 5.69 Å². The van der Waals surface area contributed by atoms with Gasteiger partial charge in [-0.25, -0.2) is 0 Å². The molecule has 0 atom stereocenters. The molecule has 0 aliphatic carbocycles. The van der Waals surface area contributed by atoms with E-state index in [9.17, 15) is 4.79 Å². The van der Waals surface area contributed by atoms with Crippen molar-refractivity contribution in [1.82, 2.24) is 0 Å². The number of carbonyl (C=O) groups is 1. The van der Waals surface area contributed by atoms with Crippen LogP contribution in [-0.4, -0.2) is 5.91 Å². The fourth-order valence-electron chi connectivity index (χ4n) is 2.38. The Morgan fingerprint density at radius 3 is 2.13 bits per heavy atom. The van der Waals surface area contributed by atoms with Gasteiger partial charge in [0.05, 0.1) is 16.9 Å². The zero-order valence-corrected chi connectivity index (χ0v) is 12.5. The first kappa shape index (κ1) is 14.7. The first-order valence-corrected chi connectivity index (χ1v) is 7.26. The Hall–Kier alpha value is -3.27. The van der Waals surface area contributed by atoms with Crippen molar-refractivity contribution in [3.05, 3.63) is 78.4 Å². The van der Waals surface area contributed by atoms with Gasteiger partial charge in [-0.2, -0.15) is 0 Å². The maximum Gasteiger partial charge on any atom is 0.257 e. The van der Waals surface area contributed by atoms with Gasteiger partial charge in [-0.15, -0.1) is 0 Å². The van der Waals surface area contributed by atoms with Gasteiger partial charge < -0.3 is 16.8 Å². The van der Waals surface area contributed by atoms with E-state index in [0.29, 0.717) is 22.6 Å². The minimum atomic E-state index is -0.276. The molecule has 0 unspecified atom stereocenters. The highest BCUT2D eigenvalue weighted by Gasteiger charge is 2.11. The normalized spacial score (nSPS) is 10.3. The van der Waals surface area contributed by atoms with E-state index in [2.05, 4.69) is 5.32 Å². The molecule has 3 rings (SSSR count). The van der Waals surface area contributed by atoms with Gasteiger partial charge in [0.15, 0.2) is 0 Å². The zero-order valence-electron chi connectivity index (χ0n) is 12.5. The molecule has 0 aromatic heterocycles. The van der Waals surface area contributed by atoms with Crippen molar-refractivity contribution in [2.24, 2.45) is 0 Å². The molecule has 3 aromatic rings. The van der Waals surface area contributed by atoms with Crippen LogP contribution in [0.2, 0.25) is 0 Å². The average molecular weight is 303 g/mol. The first-order valence-electron chi connectivity index (χ1n) is 7.26. The molecular weight excluding hydrogens is 286 g/mol. The van der Waals surface area contributed by atoms with E-state index >= 15 is 0 Å². The summed E-state index contributed by atoms with van der Waals surface area (Å²) in [6.07, 6.45) is 0. The summed E-state index contributed by atoms with van der Waals surface area (Å²) in [5.74, 6) is -0.276. The van der Waals surface area contributed by atoms with Gasteiger partial charge in [0.1, 0.15) is 0 Å². The number of rotatable bonds is 3. The van der Waals surface area contributed by atoms with E-state index in [0.717, 1.165) is 11.1 Å². The number of benzene rings is 3. The highest BCUT2D eigenvalue weighted by molar-refractivity contribution is 6.09. The third kappa shape index (κ3) is 3.16. The predicted octanol–water partition coefficient (Wildman–Crippen LogP) is 3.77. The van der Waals surface area contributed by atoms with Crippen molar-refractivity contribution in [3.63, 3.8) is 0 Å². The number of hydrogen-bond donors (Lipinski definition) is 3. The van der Waals surface area contributed by atoms with Crippen LogP contribution in [-0.2, 0) is 0 Å². The number of anilines is 3. The van der Waals surface area contributed by atoms with Crippen LogP contribution < -0.4 is 16.8 Å². The van der Waals surface area contributed by atoms with Gasteiger partial charge >= 0.3 is 0 Å². The van der Waals surface area contributed by atoms with Crippen LogP contribution >= 0.6 is 0 Å². The molecule has 1 amide bonds. The smallest absolute Gasteiger partial charge is 0.257 e. The number of amides is 1. The number of hydrogen-bond acceptors (Lipinski definition) is 3. The summed E-state index contributed by atoms with van der Waals surface area (Å²) < 4.78 is 0. The highest BCUT2D eigenvalue weighted by Crippen LogP contribution is 2.27. The largest absolute Gasteiger partial charge is 0.398 e. The third-order valence-corrected chi connectivity index (χ3v) is 3.61. The van der Waals surface area contributed by atoms with Crippen molar-refractivity contribution in [1.29, 1.82) is 0 Å². The predicted molar refractivity (Wildman–Crippen MR) is 95.1 cm³/mol. The molecule has 0 saturated heterocycles. The van der Waals surface area contributed by atoms with Crippen molar-refractivity contribution in [2.45, 2.75) is 0 Å². The average Bonchev–Trinajstić information content (AvgIpc) is 2.58. The monoisotopic (exact) mass is 303 g/mol. The lowest BCUT2D eigenvalue weighted by Gasteiger charge is -2.11. The number of para-hydroxylation sites is 1. The fraction of sp³-hybridized carbons (Fsp3) is 0. The van der Waals surface area contributed by atoms with E-state index in [1.807, 2.05) is 42.5 Å². The van der Waals surface area contributed by atoms with Crippen LogP contribution in [0.15, 0.2) is 72.8 Å². The Balaban J connectivity index is 1.85. The number of nitrogens with two attached hydrogens (primary N) is 2. The van der Waals surface area contributed by atoms with Crippen molar-refractivity contribution in [3.8, 4) is 11.1 Å². The molecule has 5 N–H and O–H groups in total. The second-order valence-electron chi connectivity index (χ2n) is 5.21. The summed E-state index contributed by atoms with van der Waals surface area (Å²) in [4.78, 5) is 12.3. The van der Waals surface area contributed by atoms with Gasteiger partial charge in [0.2, 0.25) is 0 Å². The van der Waals surface area contributed by atoms with Gasteiger partial charge in [0.25, 0.3) is 5.91 Å². The number of nitrogens with one attached hydrogen (secondary N) is 1. The molecule has 3 aromatic carbocycles. The zero-order chi connectivity index (χ0) is 16.2. The van der Waals surface area contributed by atoms with Crippen molar-refractivity contribution in [2.75, 3.05) is 16.8 Å². The Labute approximate surface area is 134 Å². The molecule has 0 heterocycles. The Morgan fingerprint density at radius 2 is 1.43 bits per heavy atom. The fourth-order valence-corrected chi connectivity index (χ4v) is 2.38. The summed E-state index contributed by atoms with van der Waals surface area (Å²) >= 11 is 0. The minimum Gasteiger partial charge on any atom is -0.398 e. The molecule has 23 heavy (non-hydrogen) atoms. The molecule has 0 saturated carbocycles. The highest BCUT2D eigenvalue weighted by atomic mass is 16.1. The summed E-state index contributed by atoms with van der Waals surface area (Å²) in [5.41, 5.74) is 15.9. The molecule has 4 heteroatoms. The van der Waals surface area contributed by atoms with Gasteiger partial charge in [-0.3, -0.25) is 4.79 Å². The Kier molecular flexibility index (Phi) is 3.97. The summed E-state index contributed by atoms with van der Waals surface area (Å²) in [6.45, 7) is 0. The van der Waals surface area contributed by atoms with Crippen LogP contribution in [0, 0.1) is 0 Å². The summed E-state index contributed by atoms with van der Waals surface area (Å²) in [5, 5.41) is 2.80.